The number of aryl methyl sites for hydroxylation is 1. The van der Waals surface area contributed by atoms with Crippen LogP contribution in [-0.2, 0) is 6.42 Å². The quantitative estimate of drug-likeness (QED) is 0.659. The van der Waals surface area contributed by atoms with E-state index in [1.165, 1.54) is 5.56 Å². The molecule has 3 nitrogen and oxygen atoms in total. The molecular weight excluding hydrogens is 280 g/mol. The molecular formula is C17H18N2OS. The molecule has 0 aliphatic heterocycles. The third-order valence-corrected chi connectivity index (χ3v) is 3.28. The molecule has 0 saturated heterocycles. The Hall–Kier alpha value is -2.20. The van der Waals surface area contributed by atoms with Gasteiger partial charge in [-0.25, -0.2) is 0 Å². The Kier molecular flexibility index (Phi) is 5.91. The molecule has 0 aromatic heterocycles. The normalized spacial score (nSPS) is 9.90. The Morgan fingerprint density at radius 2 is 1.57 bits per heavy atom. The molecule has 2 aromatic carbocycles. The van der Waals surface area contributed by atoms with Crippen molar-refractivity contribution in [3.63, 3.8) is 0 Å². The van der Waals surface area contributed by atoms with Gasteiger partial charge in [0.25, 0.3) is 5.91 Å². The van der Waals surface area contributed by atoms with Gasteiger partial charge in [-0.3, -0.25) is 10.1 Å². The van der Waals surface area contributed by atoms with Crippen LogP contribution in [0.2, 0.25) is 0 Å². The van der Waals surface area contributed by atoms with Gasteiger partial charge < -0.3 is 5.32 Å². The minimum atomic E-state index is -0.184. The van der Waals surface area contributed by atoms with E-state index in [1.54, 1.807) is 12.1 Å². The SMILES string of the molecule is O=C(NC(=S)NCCCc1ccccc1)c1ccccc1. The van der Waals surface area contributed by atoms with Crippen LogP contribution in [0.4, 0.5) is 0 Å². The van der Waals surface area contributed by atoms with Crippen molar-refractivity contribution in [3.8, 4) is 0 Å². The molecule has 0 aliphatic rings. The lowest BCUT2D eigenvalue weighted by Crippen LogP contribution is -2.39. The molecule has 21 heavy (non-hydrogen) atoms. The molecule has 2 aromatic rings. The van der Waals surface area contributed by atoms with Crippen LogP contribution < -0.4 is 10.6 Å². The van der Waals surface area contributed by atoms with E-state index >= 15 is 0 Å². The van der Waals surface area contributed by atoms with Crippen molar-refractivity contribution >= 4 is 23.2 Å². The summed E-state index contributed by atoms with van der Waals surface area (Å²) in [5, 5.41) is 6.10. The van der Waals surface area contributed by atoms with Crippen molar-refractivity contribution in [1.82, 2.24) is 10.6 Å². The first-order valence-corrected chi connectivity index (χ1v) is 7.34. The highest BCUT2D eigenvalue weighted by molar-refractivity contribution is 7.80. The first-order chi connectivity index (χ1) is 10.3. The summed E-state index contributed by atoms with van der Waals surface area (Å²) in [6.07, 6.45) is 1.95. The zero-order valence-electron chi connectivity index (χ0n) is 11.7. The Balaban J connectivity index is 1.67. The van der Waals surface area contributed by atoms with E-state index < -0.39 is 0 Å². The van der Waals surface area contributed by atoms with Crippen molar-refractivity contribution in [2.45, 2.75) is 12.8 Å². The van der Waals surface area contributed by atoms with Crippen molar-refractivity contribution in [1.29, 1.82) is 0 Å². The lowest BCUT2D eigenvalue weighted by molar-refractivity contribution is 0.0976. The summed E-state index contributed by atoms with van der Waals surface area (Å²) in [7, 11) is 0. The van der Waals surface area contributed by atoms with Gasteiger partial charge in [0.05, 0.1) is 0 Å². The highest BCUT2D eigenvalue weighted by Crippen LogP contribution is 2.01. The van der Waals surface area contributed by atoms with Crippen molar-refractivity contribution < 1.29 is 4.79 Å². The molecule has 0 aliphatic carbocycles. The average Bonchev–Trinajstić information content (AvgIpc) is 2.53. The molecule has 1 amide bonds. The molecule has 0 unspecified atom stereocenters. The van der Waals surface area contributed by atoms with E-state index in [0.29, 0.717) is 10.7 Å². The largest absolute Gasteiger partial charge is 0.362 e. The standard InChI is InChI=1S/C17H18N2OS/c20-16(15-11-5-2-6-12-15)19-17(21)18-13-7-10-14-8-3-1-4-9-14/h1-6,8-9,11-12H,7,10,13H2,(H2,18,19,20,21). The number of amides is 1. The fourth-order valence-corrected chi connectivity index (χ4v) is 2.14. The smallest absolute Gasteiger partial charge is 0.257 e. The molecule has 0 saturated carbocycles. The lowest BCUT2D eigenvalue weighted by Gasteiger charge is -2.09. The van der Waals surface area contributed by atoms with Crippen LogP contribution in [0.5, 0.6) is 0 Å². The highest BCUT2D eigenvalue weighted by atomic mass is 32.1. The number of carbonyl (C=O) groups is 1. The summed E-state index contributed by atoms with van der Waals surface area (Å²) in [5.74, 6) is -0.184. The van der Waals surface area contributed by atoms with Gasteiger partial charge in [0, 0.05) is 12.1 Å². The van der Waals surface area contributed by atoms with Crippen LogP contribution in [0, 0.1) is 0 Å². The second-order valence-electron chi connectivity index (χ2n) is 4.67. The Bertz CT molecular complexity index is 584. The Labute approximate surface area is 130 Å². The van der Waals surface area contributed by atoms with Gasteiger partial charge in [-0.05, 0) is 42.8 Å². The summed E-state index contributed by atoms with van der Waals surface area (Å²) in [4.78, 5) is 11.9. The lowest BCUT2D eigenvalue weighted by atomic mass is 10.1. The molecule has 0 atom stereocenters. The maximum atomic E-state index is 11.9. The van der Waals surface area contributed by atoms with Crippen LogP contribution in [0.1, 0.15) is 22.3 Å². The second-order valence-corrected chi connectivity index (χ2v) is 5.07. The molecule has 108 valence electrons. The first-order valence-electron chi connectivity index (χ1n) is 6.94. The van der Waals surface area contributed by atoms with Gasteiger partial charge in [-0.2, -0.15) is 0 Å². The number of thiocarbonyl (C=S) groups is 1. The monoisotopic (exact) mass is 298 g/mol. The third-order valence-electron chi connectivity index (χ3n) is 3.03. The molecule has 0 heterocycles. The highest BCUT2D eigenvalue weighted by Gasteiger charge is 2.06. The molecule has 0 fully saturated rings. The van der Waals surface area contributed by atoms with Gasteiger partial charge in [0.1, 0.15) is 0 Å². The van der Waals surface area contributed by atoms with Gasteiger partial charge in [0.2, 0.25) is 0 Å². The van der Waals surface area contributed by atoms with Crippen molar-refractivity contribution in [2.75, 3.05) is 6.54 Å². The summed E-state index contributed by atoms with van der Waals surface area (Å²) in [6.45, 7) is 0.739. The van der Waals surface area contributed by atoms with Crippen LogP contribution in [-0.4, -0.2) is 17.6 Å². The topological polar surface area (TPSA) is 41.1 Å². The number of rotatable bonds is 5. The number of nitrogens with one attached hydrogen (secondary N) is 2. The fraction of sp³-hybridized carbons (Fsp3) is 0.176. The van der Waals surface area contributed by atoms with Crippen LogP contribution in [0.15, 0.2) is 60.7 Å². The van der Waals surface area contributed by atoms with Crippen molar-refractivity contribution in [2.24, 2.45) is 0 Å². The number of carbonyl (C=O) groups excluding carboxylic acids is 1. The minimum absolute atomic E-state index is 0.184. The molecule has 0 bridgehead atoms. The first kappa shape index (κ1) is 15.2. The fourth-order valence-electron chi connectivity index (χ4n) is 1.95. The third kappa shape index (κ3) is 5.36. The maximum absolute atomic E-state index is 11.9. The predicted molar refractivity (Wildman–Crippen MR) is 89.3 cm³/mol. The summed E-state index contributed by atoms with van der Waals surface area (Å²) >= 11 is 5.12. The molecule has 4 heteroatoms. The van der Waals surface area contributed by atoms with Crippen LogP contribution >= 0.6 is 12.2 Å². The minimum Gasteiger partial charge on any atom is -0.362 e. The molecule has 0 spiro atoms. The molecule has 2 N–H and O–H groups in total. The zero-order valence-corrected chi connectivity index (χ0v) is 12.5. The van der Waals surface area contributed by atoms with Crippen LogP contribution in [0.25, 0.3) is 0 Å². The van der Waals surface area contributed by atoms with Gasteiger partial charge in [-0.1, -0.05) is 48.5 Å². The van der Waals surface area contributed by atoms with E-state index in [1.807, 2.05) is 36.4 Å². The maximum Gasteiger partial charge on any atom is 0.257 e. The van der Waals surface area contributed by atoms with Crippen molar-refractivity contribution in [3.05, 3.63) is 71.8 Å². The van der Waals surface area contributed by atoms with Gasteiger partial charge >= 0.3 is 0 Å². The summed E-state index contributed by atoms with van der Waals surface area (Å²) in [6, 6.07) is 19.3. The second kappa shape index (κ2) is 8.17. The van der Waals surface area contributed by atoms with E-state index in [9.17, 15) is 4.79 Å². The number of hydrogen-bond acceptors (Lipinski definition) is 2. The van der Waals surface area contributed by atoms with Gasteiger partial charge in [-0.15, -0.1) is 0 Å². The Morgan fingerprint density at radius 1 is 0.952 bits per heavy atom. The zero-order chi connectivity index (χ0) is 14.9. The van der Waals surface area contributed by atoms with Gasteiger partial charge in [0.15, 0.2) is 5.11 Å². The van der Waals surface area contributed by atoms with E-state index in [2.05, 4.69) is 22.8 Å². The summed E-state index contributed by atoms with van der Waals surface area (Å²) < 4.78 is 0. The van der Waals surface area contributed by atoms with E-state index in [-0.39, 0.29) is 5.91 Å². The average molecular weight is 298 g/mol. The van der Waals surface area contributed by atoms with Crippen LogP contribution in [0.3, 0.4) is 0 Å². The van der Waals surface area contributed by atoms with E-state index in [4.69, 9.17) is 12.2 Å². The Morgan fingerprint density at radius 3 is 2.24 bits per heavy atom. The number of hydrogen-bond donors (Lipinski definition) is 2. The predicted octanol–water partition coefficient (Wildman–Crippen LogP) is 2.92. The summed E-state index contributed by atoms with van der Waals surface area (Å²) in [5.41, 5.74) is 1.91. The van der Waals surface area contributed by atoms with E-state index in [0.717, 1.165) is 19.4 Å². The number of benzene rings is 2. The molecule has 2 rings (SSSR count). The molecule has 0 radical (unpaired) electrons.